The van der Waals surface area contributed by atoms with Crippen molar-refractivity contribution in [3.05, 3.63) is 33.8 Å². The number of aliphatic hydroxyl groups is 1. The van der Waals surface area contributed by atoms with E-state index in [9.17, 15) is 13.2 Å². The van der Waals surface area contributed by atoms with Crippen LogP contribution in [0.3, 0.4) is 0 Å². The van der Waals surface area contributed by atoms with Crippen LogP contribution in [0.5, 0.6) is 0 Å². The highest BCUT2D eigenvalue weighted by Gasteiger charge is 2.34. The number of hydrogen-bond acceptors (Lipinski definition) is 1. The van der Waals surface area contributed by atoms with Crippen molar-refractivity contribution in [2.24, 2.45) is 0 Å². The summed E-state index contributed by atoms with van der Waals surface area (Å²) in [6, 6.07) is 3.95. The van der Waals surface area contributed by atoms with Gasteiger partial charge in [0.2, 0.25) is 0 Å². The Balaban J connectivity index is 3.27. The van der Waals surface area contributed by atoms with Crippen molar-refractivity contribution < 1.29 is 18.3 Å². The van der Waals surface area contributed by atoms with Gasteiger partial charge in [-0.05, 0) is 17.7 Å². The lowest BCUT2D eigenvalue weighted by Gasteiger charge is -2.16. The predicted molar refractivity (Wildman–Crippen MR) is 54.6 cm³/mol. The largest absolute Gasteiger partial charge is 0.416 e. The van der Waals surface area contributed by atoms with Gasteiger partial charge in [-0.25, -0.2) is 0 Å². The van der Waals surface area contributed by atoms with E-state index in [1.165, 1.54) is 12.1 Å². The fourth-order valence-corrected chi connectivity index (χ4v) is 1.66. The highest BCUT2D eigenvalue weighted by atomic mass is 79.9. The molecule has 0 heterocycles. The molecule has 0 aliphatic rings. The Morgan fingerprint density at radius 1 is 1.40 bits per heavy atom. The van der Waals surface area contributed by atoms with E-state index in [1.54, 1.807) is 6.92 Å². The van der Waals surface area contributed by atoms with Gasteiger partial charge in [0.05, 0.1) is 5.56 Å². The van der Waals surface area contributed by atoms with E-state index in [-0.39, 0.29) is 12.2 Å². The zero-order chi connectivity index (χ0) is 11.6. The van der Waals surface area contributed by atoms with E-state index in [2.05, 4.69) is 15.9 Å². The molecule has 0 aliphatic carbocycles. The average molecular weight is 283 g/mol. The van der Waals surface area contributed by atoms with Crippen LogP contribution in [0.25, 0.3) is 0 Å². The Morgan fingerprint density at radius 2 is 2.00 bits per heavy atom. The van der Waals surface area contributed by atoms with Gasteiger partial charge in [0.15, 0.2) is 0 Å². The minimum absolute atomic E-state index is 0.119. The van der Waals surface area contributed by atoms with Gasteiger partial charge in [0.1, 0.15) is 0 Å². The summed E-state index contributed by atoms with van der Waals surface area (Å²) >= 11 is 3.00. The van der Waals surface area contributed by atoms with Crippen molar-refractivity contribution in [3.8, 4) is 0 Å². The lowest BCUT2D eigenvalue weighted by atomic mass is 9.96. The average Bonchev–Trinajstić information content (AvgIpc) is 2.15. The maximum atomic E-state index is 12.6. The van der Waals surface area contributed by atoms with Gasteiger partial charge in [0.25, 0.3) is 0 Å². The van der Waals surface area contributed by atoms with E-state index in [1.807, 2.05) is 0 Å². The highest BCUT2D eigenvalue weighted by molar-refractivity contribution is 9.10. The number of benzene rings is 1. The Morgan fingerprint density at radius 3 is 2.47 bits per heavy atom. The Labute approximate surface area is 94.0 Å². The molecular formula is C10H10BrF3O. The smallest absolute Gasteiger partial charge is 0.396 e. The van der Waals surface area contributed by atoms with Crippen LogP contribution in [0, 0.1) is 0 Å². The van der Waals surface area contributed by atoms with Crippen LogP contribution in [0.15, 0.2) is 22.7 Å². The minimum Gasteiger partial charge on any atom is -0.396 e. The molecule has 0 radical (unpaired) electrons. The first-order valence-electron chi connectivity index (χ1n) is 4.33. The van der Waals surface area contributed by atoms with Crippen molar-refractivity contribution in [3.63, 3.8) is 0 Å². The summed E-state index contributed by atoms with van der Waals surface area (Å²) in [7, 11) is 0. The lowest BCUT2D eigenvalue weighted by Crippen LogP contribution is -2.12. The first-order valence-corrected chi connectivity index (χ1v) is 5.13. The Hall–Kier alpha value is -0.550. The van der Waals surface area contributed by atoms with E-state index in [4.69, 9.17) is 5.11 Å². The van der Waals surface area contributed by atoms with Crippen molar-refractivity contribution in [1.82, 2.24) is 0 Å². The second-order valence-corrected chi connectivity index (χ2v) is 4.23. The number of hydrogen-bond donors (Lipinski definition) is 1. The molecule has 0 saturated carbocycles. The third-order valence-corrected chi connectivity index (χ3v) is 2.62. The molecule has 1 aromatic carbocycles. The van der Waals surface area contributed by atoms with E-state index in [0.29, 0.717) is 4.47 Å². The molecule has 1 atom stereocenters. The predicted octanol–water partition coefficient (Wildman–Crippen LogP) is 3.56. The number of rotatable bonds is 2. The maximum Gasteiger partial charge on any atom is 0.416 e. The first kappa shape index (κ1) is 12.5. The summed E-state index contributed by atoms with van der Waals surface area (Å²) in [5.41, 5.74) is -0.577. The van der Waals surface area contributed by atoms with Gasteiger partial charge in [-0.1, -0.05) is 28.9 Å². The van der Waals surface area contributed by atoms with Crippen molar-refractivity contribution in [2.75, 3.05) is 6.61 Å². The van der Waals surface area contributed by atoms with Crippen LogP contribution in [-0.2, 0) is 6.18 Å². The number of alkyl halides is 3. The summed E-state index contributed by atoms with van der Waals surface area (Å²) < 4.78 is 38.2. The third-order valence-electron chi connectivity index (χ3n) is 2.13. The molecule has 0 saturated heterocycles. The van der Waals surface area contributed by atoms with Crippen LogP contribution in [0.4, 0.5) is 13.2 Å². The van der Waals surface area contributed by atoms with Gasteiger partial charge < -0.3 is 5.11 Å². The van der Waals surface area contributed by atoms with E-state index < -0.39 is 17.7 Å². The van der Waals surface area contributed by atoms with Crippen LogP contribution < -0.4 is 0 Å². The molecule has 1 rings (SSSR count). The molecule has 0 spiro atoms. The van der Waals surface area contributed by atoms with Crippen LogP contribution in [-0.4, -0.2) is 11.7 Å². The monoisotopic (exact) mass is 282 g/mol. The molecule has 5 heteroatoms. The molecule has 1 N–H and O–H groups in total. The molecule has 84 valence electrons. The second-order valence-electron chi connectivity index (χ2n) is 3.31. The van der Waals surface area contributed by atoms with Crippen molar-refractivity contribution in [2.45, 2.75) is 19.0 Å². The molecule has 0 aromatic heterocycles. The Bertz CT molecular complexity index is 349. The minimum atomic E-state index is -4.39. The van der Waals surface area contributed by atoms with Gasteiger partial charge in [-0.15, -0.1) is 0 Å². The van der Waals surface area contributed by atoms with Gasteiger partial charge in [-0.3, -0.25) is 0 Å². The first-order chi connectivity index (χ1) is 6.86. The standard InChI is InChI=1S/C10H10BrF3O/c1-6(5-15)8-3-2-7(11)4-9(8)10(12,13)14/h2-4,6,15H,5H2,1H3. The summed E-state index contributed by atoms with van der Waals surface area (Å²) in [5, 5.41) is 8.87. The molecule has 15 heavy (non-hydrogen) atoms. The fourth-order valence-electron chi connectivity index (χ4n) is 1.30. The molecular weight excluding hydrogens is 273 g/mol. The van der Waals surface area contributed by atoms with E-state index in [0.717, 1.165) is 6.07 Å². The molecule has 0 aliphatic heterocycles. The van der Waals surface area contributed by atoms with Crippen molar-refractivity contribution in [1.29, 1.82) is 0 Å². The van der Waals surface area contributed by atoms with Crippen LogP contribution >= 0.6 is 15.9 Å². The van der Waals surface area contributed by atoms with Gasteiger partial charge in [-0.2, -0.15) is 13.2 Å². The zero-order valence-electron chi connectivity index (χ0n) is 7.98. The molecule has 1 nitrogen and oxygen atoms in total. The normalized spacial score (nSPS) is 14.0. The lowest BCUT2D eigenvalue weighted by molar-refractivity contribution is -0.138. The quantitative estimate of drug-likeness (QED) is 0.879. The summed E-state index contributed by atoms with van der Waals surface area (Å²) in [5.74, 6) is -0.519. The summed E-state index contributed by atoms with van der Waals surface area (Å²) in [4.78, 5) is 0. The molecule has 1 aromatic rings. The fraction of sp³-hybridized carbons (Fsp3) is 0.400. The molecule has 0 bridgehead atoms. The maximum absolute atomic E-state index is 12.6. The SMILES string of the molecule is CC(CO)c1ccc(Br)cc1C(F)(F)F. The Kier molecular flexibility index (Phi) is 3.78. The zero-order valence-corrected chi connectivity index (χ0v) is 9.56. The van der Waals surface area contributed by atoms with Crippen molar-refractivity contribution >= 4 is 15.9 Å². The third kappa shape index (κ3) is 2.95. The second kappa shape index (κ2) is 4.53. The summed E-state index contributed by atoms with van der Waals surface area (Å²) in [6.45, 7) is 1.25. The topological polar surface area (TPSA) is 20.2 Å². The molecule has 0 fully saturated rings. The number of halogens is 4. The van der Waals surface area contributed by atoms with E-state index >= 15 is 0 Å². The van der Waals surface area contributed by atoms with Crippen LogP contribution in [0.2, 0.25) is 0 Å². The highest BCUT2D eigenvalue weighted by Crippen LogP contribution is 2.36. The molecule has 0 amide bonds. The van der Waals surface area contributed by atoms with Gasteiger partial charge in [0, 0.05) is 17.0 Å². The van der Waals surface area contributed by atoms with Gasteiger partial charge >= 0.3 is 6.18 Å². The van der Waals surface area contributed by atoms with Crippen LogP contribution in [0.1, 0.15) is 24.0 Å². The molecule has 1 unspecified atom stereocenters. The number of aliphatic hydroxyl groups excluding tert-OH is 1. The summed E-state index contributed by atoms with van der Waals surface area (Å²) in [6.07, 6.45) is -4.39.